The van der Waals surface area contributed by atoms with Crippen molar-refractivity contribution in [2.75, 3.05) is 0 Å². The summed E-state index contributed by atoms with van der Waals surface area (Å²) in [6.45, 7) is 4.38. The molecule has 0 saturated heterocycles. The number of aliphatic hydroxyl groups excluding tert-OH is 1. The molecule has 0 amide bonds. The fraction of sp³-hybridized carbons (Fsp3) is 1.00. The molecule has 0 aliphatic carbocycles. The maximum absolute atomic E-state index is 11.5. The van der Waals surface area contributed by atoms with Crippen molar-refractivity contribution in [3.05, 3.63) is 0 Å². The van der Waals surface area contributed by atoms with Gasteiger partial charge in [0.15, 0.2) is 0 Å². The normalized spacial score (nSPS) is 13.8. The molecule has 0 aromatic heterocycles. The standard InChI is InChI=1S/C23H48O4S.K/c1-3-5-7-9-10-11-12-13-14-15-17-19-23(28(25,26)27)21-20-22(24)18-16-8-6-4-2;/h22-24H,3-21H2,1-2H3,(H,25,26,27);/q;+1/p-1. The van der Waals surface area contributed by atoms with Crippen molar-refractivity contribution in [3.63, 3.8) is 0 Å². The van der Waals surface area contributed by atoms with Gasteiger partial charge in [0.05, 0.1) is 16.2 Å². The fourth-order valence-electron chi connectivity index (χ4n) is 3.80. The molecule has 170 valence electrons. The Balaban J connectivity index is 0. The van der Waals surface area contributed by atoms with E-state index in [9.17, 15) is 18.1 Å². The molecule has 0 fully saturated rings. The molecular weight excluding hydrogens is 411 g/mol. The van der Waals surface area contributed by atoms with Crippen molar-refractivity contribution in [2.24, 2.45) is 0 Å². The van der Waals surface area contributed by atoms with Gasteiger partial charge in [-0.3, -0.25) is 0 Å². The van der Waals surface area contributed by atoms with Gasteiger partial charge in [-0.15, -0.1) is 0 Å². The zero-order chi connectivity index (χ0) is 21.1. The number of aliphatic hydroxyl groups is 1. The third-order valence-corrected chi connectivity index (χ3v) is 7.04. The van der Waals surface area contributed by atoms with Crippen molar-refractivity contribution < 1.29 is 69.5 Å². The maximum Gasteiger partial charge on any atom is 1.00 e. The molecule has 4 nitrogen and oxygen atoms in total. The van der Waals surface area contributed by atoms with E-state index >= 15 is 0 Å². The van der Waals surface area contributed by atoms with E-state index in [2.05, 4.69) is 13.8 Å². The third kappa shape index (κ3) is 22.5. The van der Waals surface area contributed by atoms with Crippen molar-refractivity contribution in [1.82, 2.24) is 0 Å². The number of unbranched alkanes of at least 4 members (excludes halogenated alkanes) is 13. The molecule has 6 heteroatoms. The third-order valence-electron chi connectivity index (χ3n) is 5.75. The Morgan fingerprint density at radius 2 is 1.00 bits per heavy atom. The Bertz CT molecular complexity index is 429. The van der Waals surface area contributed by atoms with E-state index in [0.29, 0.717) is 25.7 Å². The SMILES string of the molecule is CCCCCCCCCCCCCC(CCC(O)CCCCCC)S(=O)(=O)[O-].[K+]. The van der Waals surface area contributed by atoms with Crippen LogP contribution in [0.15, 0.2) is 0 Å². The number of hydrogen-bond acceptors (Lipinski definition) is 4. The fourth-order valence-corrected chi connectivity index (χ4v) is 4.68. The van der Waals surface area contributed by atoms with Gasteiger partial charge in [-0.25, -0.2) is 8.42 Å². The Morgan fingerprint density at radius 3 is 1.45 bits per heavy atom. The molecular formula is C23H47KO4S. The van der Waals surface area contributed by atoms with Gasteiger partial charge in [0.25, 0.3) is 0 Å². The van der Waals surface area contributed by atoms with Crippen LogP contribution in [0, 0.1) is 0 Å². The van der Waals surface area contributed by atoms with Crippen LogP contribution in [0.2, 0.25) is 0 Å². The van der Waals surface area contributed by atoms with Gasteiger partial charge in [0, 0.05) is 5.25 Å². The first-order valence-corrected chi connectivity index (χ1v) is 13.5. The minimum atomic E-state index is -4.26. The molecule has 0 aromatic rings. The van der Waals surface area contributed by atoms with Crippen LogP contribution in [-0.4, -0.2) is 29.4 Å². The van der Waals surface area contributed by atoms with Crippen LogP contribution >= 0.6 is 0 Å². The number of rotatable bonds is 21. The summed E-state index contributed by atoms with van der Waals surface area (Å²) < 4.78 is 34.6. The Kier molecular flexibility index (Phi) is 25.6. The summed E-state index contributed by atoms with van der Waals surface area (Å²) in [5, 5.41) is 9.20. The predicted octanol–water partition coefficient (Wildman–Crippen LogP) is 3.72. The molecule has 0 spiro atoms. The zero-order valence-corrected chi connectivity index (χ0v) is 23.6. The summed E-state index contributed by atoms with van der Waals surface area (Å²) >= 11 is 0. The maximum atomic E-state index is 11.5. The van der Waals surface area contributed by atoms with Crippen molar-refractivity contribution in [2.45, 2.75) is 147 Å². The minimum absolute atomic E-state index is 0. The van der Waals surface area contributed by atoms with Gasteiger partial charge >= 0.3 is 51.4 Å². The van der Waals surface area contributed by atoms with Crippen LogP contribution in [0.5, 0.6) is 0 Å². The van der Waals surface area contributed by atoms with Crippen LogP contribution in [0.4, 0.5) is 0 Å². The van der Waals surface area contributed by atoms with E-state index < -0.39 is 21.5 Å². The quantitative estimate of drug-likeness (QED) is 0.162. The first-order chi connectivity index (χ1) is 13.4. The molecule has 2 unspecified atom stereocenters. The monoisotopic (exact) mass is 458 g/mol. The summed E-state index contributed by atoms with van der Waals surface area (Å²) in [6.07, 6.45) is 19.2. The van der Waals surface area contributed by atoms with Crippen molar-refractivity contribution in [1.29, 1.82) is 0 Å². The van der Waals surface area contributed by atoms with Crippen LogP contribution < -0.4 is 51.4 Å². The summed E-state index contributed by atoms with van der Waals surface area (Å²) in [5.74, 6) is 0. The molecule has 0 aromatic carbocycles. The van der Waals surface area contributed by atoms with E-state index in [4.69, 9.17) is 0 Å². The Labute approximate surface area is 224 Å². The second-order valence-electron chi connectivity index (χ2n) is 8.52. The Morgan fingerprint density at radius 1 is 0.621 bits per heavy atom. The first kappa shape index (κ1) is 32.7. The number of hydrogen-bond donors (Lipinski definition) is 1. The largest absolute Gasteiger partial charge is 1.00 e. The van der Waals surface area contributed by atoms with Gasteiger partial charge in [0.1, 0.15) is 0 Å². The molecule has 2 atom stereocenters. The van der Waals surface area contributed by atoms with Crippen LogP contribution in [-0.2, 0) is 10.1 Å². The average molecular weight is 459 g/mol. The topological polar surface area (TPSA) is 77.4 Å². The van der Waals surface area contributed by atoms with Crippen molar-refractivity contribution in [3.8, 4) is 0 Å². The van der Waals surface area contributed by atoms with E-state index in [1.165, 1.54) is 57.8 Å². The molecule has 0 radical (unpaired) electrons. The molecule has 1 N–H and O–H groups in total. The summed E-state index contributed by atoms with van der Waals surface area (Å²) in [5.41, 5.74) is 0. The summed E-state index contributed by atoms with van der Waals surface area (Å²) in [7, 11) is -4.26. The molecule has 0 saturated carbocycles. The second kappa shape index (κ2) is 22.7. The van der Waals surface area contributed by atoms with E-state index in [-0.39, 0.29) is 51.4 Å². The van der Waals surface area contributed by atoms with Crippen LogP contribution in [0.3, 0.4) is 0 Å². The van der Waals surface area contributed by atoms with Crippen molar-refractivity contribution >= 4 is 10.1 Å². The molecule has 0 aliphatic heterocycles. The minimum Gasteiger partial charge on any atom is -0.748 e. The van der Waals surface area contributed by atoms with E-state index in [1.54, 1.807) is 0 Å². The smallest absolute Gasteiger partial charge is 0.748 e. The van der Waals surface area contributed by atoms with E-state index in [0.717, 1.165) is 38.5 Å². The van der Waals surface area contributed by atoms with Gasteiger partial charge in [0.2, 0.25) is 0 Å². The van der Waals surface area contributed by atoms with E-state index in [1.807, 2.05) is 0 Å². The molecule has 0 aliphatic rings. The van der Waals surface area contributed by atoms with Gasteiger partial charge < -0.3 is 9.66 Å². The average Bonchev–Trinajstić information content (AvgIpc) is 2.64. The molecule has 0 rings (SSSR count). The first-order valence-electron chi connectivity index (χ1n) is 12.0. The predicted molar refractivity (Wildman–Crippen MR) is 119 cm³/mol. The van der Waals surface area contributed by atoms with Gasteiger partial charge in [-0.05, 0) is 25.7 Å². The van der Waals surface area contributed by atoms with Crippen LogP contribution in [0.25, 0.3) is 0 Å². The van der Waals surface area contributed by atoms with Gasteiger partial charge in [-0.1, -0.05) is 110 Å². The molecule has 0 bridgehead atoms. The van der Waals surface area contributed by atoms with Gasteiger partial charge in [-0.2, -0.15) is 0 Å². The second-order valence-corrected chi connectivity index (χ2v) is 10.2. The van der Waals surface area contributed by atoms with Crippen LogP contribution in [0.1, 0.15) is 136 Å². The summed E-state index contributed by atoms with van der Waals surface area (Å²) in [4.78, 5) is 0. The Hall–Kier alpha value is 1.51. The zero-order valence-electron chi connectivity index (χ0n) is 19.7. The molecule has 29 heavy (non-hydrogen) atoms. The summed E-state index contributed by atoms with van der Waals surface area (Å²) in [6, 6.07) is 0. The molecule has 0 heterocycles.